The molecule has 3 rings (SSSR count). The summed E-state index contributed by atoms with van der Waals surface area (Å²) in [5.74, 6) is 2.34. The molecule has 17 heavy (non-hydrogen) atoms. The van der Waals surface area contributed by atoms with Crippen molar-refractivity contribution < 1.29 is 5.11 Å². The fourth-order valence-electron chi connectivity index (χ4n) is 1.96. The zero-order chi connectivity index (χ0) is 11.8. The summed E-state index contributed by atoms with van der Waals surface area (Å²) >= 11 is 0. The maximum Gasteiger partial charge on any atom is 0.221 e. The Morgan fingerprint density at radius 2 is 2.12 bits per heavy atom. The largest absolute Gasteiger partial charge is 0.508 e. The van der Waals surface area contributed by atoms with E-state index in [0.29, 0.717) is 11.7 Å². The summed E-state index contributed by atoms with van der Waals surface area (Å²) in [5, 5.41) is 17.0. The van der Waals surface area contributed by atoms with Crippen LogP contribution in [0.5, 0.6) is 5.75 Å². The van der Waals surface area contributed by atoms with Gasteiger partial charge in [-0.15, -0.1) is 5.10 Å². The van der Waals surface area contributed by atoms with Crippen LogP contribution < -0.4 is 5.32 Å². The summed E-state index contributed by atoms with van der Waals surface area (Å²) in [6, 6.07) is 6.93. The van der Waals surface area contributed by atoms with E-state index in [9.17, 15) is 5.11 Å². The van der Waals surface area contributed by atoms with E-state index in [4.69, 9.17) is 0 Å². The van der Waals surface area contributed by atoms with Crippen molar-refractivity contribution in [2.75, 3.05) is 11.9 Å². The van der Waals surface area contributed by atoms with Gasteiger partial charge in [0.05, 0.1) is 0 Å². The third-order valence-corrected chi connectivity index (χ3v) is 2.89. The van der Waals surface area contributed by atoms with Crippen LogP contribution in [0.25, 0.3) is 11.4 Å². The van der Waals surface area contributed by atoms with E-state index >= 15 is 0 Å². The first-order chi connectivity index (χ1) is 8.22. The van der Waals surface area contributed by atoms with Crippen molar-refractivity contribution in [2.24, 2.45) is 5.92 Å². The third-order valence-electron chi connectivity index (χ3n) is 2.89. The molecule has 1 aromatic heterocycles. The number of phenols is 1. The number of aromatic hydroxyl groups is 1. The smallest absolute Gasteiger partial charge is 0.221 e. The number of hydrogen-bond donors (Lipinski definition) is 2. The second-order valence-corrected chi connectivity index (χ2v) is 4.47. The summed E-state index contributed by atoms with van der Waals surface area (Å²) < 4.78 is 1.90. The van der Waals surface area contributed by atoms with Crippen LogP contribution in [0.3, 0.4) is 0 Å². The molecule has 1 atom stereocenters. The number of nitrogens with one attached hydrogen (secondary N) is 1. The summed E-state index contributed by atoms with van der Waals surface area (Å²) in [4.78, 5) is 4.44. The number of hydrogen-bond acceptors (Lipinski definition) is 4. The molecule has 2 aromatic rings. The standard InChI is InChI=1S/C12H14N4O/c1-8-6-13-12-14-11(15-16(12)7-8)9-2-4-10(17)5-3-9/h2-5,8,17H,6-7H2,1H3,(H,13,14,15). The highest BCUT2D eigenvalue weighted by Gasteiger charge is 2.18. The lowest BCUT2D eigenvalue weighted by atomic mass is 10.1. The minimum absolute atomic E-state index is 0.254. The maximum absolute atomic E-state index is 9.24. The Morgan fingerprint density at radius 3 is 2.88 bits per heavy atom. The number of benzene rings is 1. The average Bonchev–Trinajstić information content (AvgIpc) is 2.72. The van der Waals surface area contributed by atoms with Gasteiger partial charge in [0.15, 0.2) is 5.82 Å². The monoisotopic (exact) mass is 230 g/mol. The first-order valence-corrected chi connectivity index (χ1v) is 5.70. The van der Waals surface area contributed by atoms with Gasteiger partial charge in [-0.2, -0.15) is 4.98 Å². The molecule has 0 saturated heterocycles. The lowest BCUT2D eigenvalue weighted by Gasteiger charge is -2.19. The predicted molar refractivity (Wildman–Crippen MR) is 64.8 cm³/mol. The van der Waals surface area contributed by atoms with Crippen LogP contribution in [0, 0.1) is 5.92 Å². The second-order valence-electron chi connectivity index (χ2n) is 4.47. The van der Waals surface area contributed by atoms with Crippen LogP contribution in [0.1, 0.15) is 6.92 Å². The van der Waals surface area contributed by atoms with Crippen molar-refractivity contribution in [3.63, 3.8) is 0 Å². The van der Waals surface area contributed by atoms with Crippen molar-refractivity contribution in [2.45, 2.75) is 13.5 Å². The van der Waals surface area contributed by atoms with Crippen molar-refractivity contribution >= 4 is 5.95 Å². The molecule has 2 heterocycles. The van der Waals surface area contributed by atoms with E-state index in [1.807, 2.05) is 16.8 Å². The highest BCUT2D eigenvalue weighted by atomic mass is 16.3. The average molecular weight is 230 g/mol. The van der Waals surface area contributed by atoms with E-state index in [1.165, 1.54) is 0 Å². The first-order valence-electron chi connectivity index (χ1n) is 5.70. The molecule has 1 aromatic carbocycles. The molecule has 2 N–H and O–H groups in total. The molecule has 1 unspecified atom stereocenters. The summed E-state index contributed by atoms with van der Waals surface area (Å²) in [6.45, 7) is 4.01. The van der Waals surface area contributed by atoms with Gasteiger partial charge in [0.2, 0.25) is 5.95 Å². The molecule has 88 valence electrons. The molecule has 0 aliphatic carbocycles. The number of nitrogens with zero attached hydrogens (tertiary/aromatic N) is 3. The Labute approximate surface area is 99.1 Å². The van der Waals surface area contributed by atoms with Gasteiger partial charge in [-0.3, -0.25) is 0 Å². The van der Waals surface area contributed by atoms with E-state index in [2.05, 4.69) is 22.3 Å². The quantitative estimate of drug-likeness (QED) is 0.783. The maximum atomic E-state index is 9.24. The summed E-state index contributed by atoms with van der Waals surface area (Å²) in [7, 11) is 0. The van der Waals surface area contributed by atoms with Gasteiger partial charge < -0.3 is 10.4 Å². The molecule has 5 heteroatoms. The molecular weight excluding hydrogens is 216 g/mol. The highest BCUT2D eigenvalue weighted by molar-refractivity contribution is 5.57. The Bertz CT molecular complexity index is 532. The molecule has 0 spiro atoms. The van der Waals surface area contributed by atoms with Crippen LogP contribution in [0.4, 0.5) is 5.95 Å². The molecule has 0 bridgehead atoms. The molecular formula is C12H14N4O. The normalized spacial score (nSPS) is 18.5. The van der Waals surface area contributed by atoms with Crippen LogP contribution >= 0.6 is 0 Å². The van der Waals surface area contributed by atoms with E-state index < -0.39 is 0 Å². The molecule has 0 radical (unpaired) electrons. The number of phenolic OH excluding ortho intramolecular Hbond substituents is 1. The van der Waals surface area contributed by atoms with E-state index in [-0.39, 0.29) is 5.75 Å². The molecule has 0 amide bonds. The lowest BCUT2D eigenvalue weighted by molar-refractivity contribution is 0.444. The van der Waals surface area contributed by atoms with Crippen LogP contribution in [-0.2, 0) is 6.54 Å². The number of fused-ring (bicyclic) bond motifs is 1. The predicted octanol–water partition coefficient (Wildman–Crippen LogP) is 1.71. The Morgan fingerprint density at radius 1 is 1.35 bits per heavy atom. The molecule has 0 saturated carbocycles. The Balaban J connectivity index is 1.97. The lowest BCUT2D eigenvalue weighted by Crippen LogP contribution is -2.25. The SMILES string of the molecule is CC1CNc2nc(-c3ccc(O)cc3)nn2C1. The third kappa shape index (κ3) is 1.84. The summed E-state index contributed by atoms with van der Waals surface area (Å²) in [5.41, 5.74) is 0.916. The fourth-order valence-corrected chi connectivity index (χ4v) is 1.96. The molecule has 1 aliphatic heterocycles. The molecule has 5 nitrogen and oxygen atoms in total. The zero-order valence-corrected chi connectivity index (χ0v) is 9.59. The minimum Gasteiger partial charge on any atom is -0.508 e. The van der Waals surface area contributed by atoms with Gasteiger partial charge in [0, 0.05) is 18.7 Å². The Kier molecular flexibility index (Phi) is 2.24. The van der Waals surface area contributed by atoms with Crippen molar-refractivity contribution in [3.05, 3.63) is 24.3 Å². The van der Waals surface area contributed by atoms with Gasteiger partial charge in [0.1, 0.15) is 5.75 Å². The topological polar surface area (TPSA) is 63.0 Å². The Hall–Kier alpha value is -2.04. The number of anilines is 1. The van der Waals surface area contributed by atoms with E-state index in [0.717, 1.165) is 24.6 Å². The van der Waals surface area contributed by atoms with Crippen molar-refractivity contribution in [1.29, 1.82) is 0 Å². The molecule has 0 fully saturated rings. The second kappa shape index (κ2) is 3.76. The van der Waals surface area contributed by atoms with Gasteiger partial charge in [-0.25, -0.2) is 4.68 Å². The minimum atomic E-state index is 0.254. The van der Waals surface area contributed by atoms with Crippen LogP contribution in [-0.4, -0.2) is 26.4 Å². The van der Waals surface area contributed by atoms with Gasteiger partial charge in [0.25, 0.3) is 0 Å². The van der Waals surface area contributed by atoms with Crippen LogP contribution in [0.2, 0.25) is 0 Å². The van der Waals surface area contributed by atoms with E-state index in [1.54, 1.807) is 12.1 Å². The fraction of sp³-hybridized carbons (Fsp3) is 0.333. The van der Waals surface area contributed by atoms with Crippen molar-refractivity contribution in [1.82, 2.24) is 14.8 Å². The summed E-state index contributed by atoms with van der Waals surface area (Å²) in [6.07, 6.45) is 0. The first kappa shape index (κ1) is 10.1. The van der Waals surface area contributed by atoms with Gasteiger partial charge in [-0.05, 0) is 30.2 Å². The van der Waals surface area contributed by atoms with Crippen LogP contribution in [0.15, 0.2) is 24.3 Å². The number of rotatable bonds is 1. The van der Waals surface area contributed by atoms with Gasteiger partial charge >= 0.3 is 0 Å². The van der Waals surface area contributed by atoms with Gasteiger partial charge in [-0.1, -0.05) is 6.92 Å². The number of aromatic nitrogens is 3. The van der Waals surface area contributed by atoms with Crippen molar-refractivity contribution in [3.8, 4) is 17.1 Å². The molecule has 1 aliphatic rings. The highest BCUT2D eigenvalue weighted by Crippen LogP contribution is 2.22. The zero-order valence-electron chi connectivity index (χ0n) is 9.59.